The molecule has 8 nitrogen and oxygen atoms in total. The van der Waals surface area contributed by atoms with Crippen molar-refractivity contribution in [3.8, 4) is 22.5 Å². The molecule has 2 unspecified atom stereocenters. The van der Waals surface area contributed by atoms with Crippen LogP contribution in [0.5, 0.6) is 0 Å². The van der Waals surface area contributed by atoms with Crippen LogP contribution in [0.15, 0.2) is 78.9 Å². The van der Waals surface area contributed by atoms with E-state index in [1.54, 1.807) is 0 Å². The van der Waals surface area contributed by atoms with Crippen LogP contribution in [0.2, 0.25) is 0 Å². The van der Waals surface area contributed by atoms with Crippen molar-refractivity contribution in [1.29, 1.82) is 0 Å². The molecule has 222 valence electrons. The molecule has 8 heteroatoms. The van der Waals surface area contributed by atoms with Crippen molar-refractivity contribution in [2.75, 3.05) is 0 Å². The van der Waals surface area contributed by atoms with Crippen molar-refractivity contribution in [3.05, 3.63) is 113 Å². The summed E-state index contributed by atoms with van der Waals surface area (Å²) in [6.07, 6.45) is 5.17. The minimum absolute atomic E-state index is 0.174. The summed E-state index contributed by atoms with van der Waals surface area (Å²) >= 11 is 0. The van der Waals surface area contributed by atoms with E-state index >= 15 is 0 Å². The molecule has 0 saturated heterocycles. The molecular weight excluding hydrogens is 546 g/mol. The normalized spacial score (nSPS) is 15.9. The highest BCUT2D eigenvalue weighted by Gasteiger charge is 2.30. The number of imidazole rings is 1. The molecule has 0 bridgehead atoms. The van der Waals surface area contributed by atoms with E-state index in [-0.39, 0.29) is 6.04 Å². The van der Waals surface area contributed by atoms with Gasteiger partial charge in [-0.15, -0.1) is 10.2 Å². The van der Waals surface area contributed by atoms with Crippen molar-refractivity contribution in [2.24, 2.45) is 0 Å². The van der Waals surface area contributed by atoms with Crippen molar-refractivity contribution in [3.63, 3.8) is 0 Å². The largest absolute Gasteiger partial charge is 0.385 e. The van der Waals surface area contributed by atoms with Gasteiger partial charge in [-0.05, 0) is 90.6 Å². The van der Waals surface area contributed by atoms with Gasteiger partial charge in [-0.1, -0.05) is 79.7 Å². The second-order valence-corrected chi connectivity index (χ2v) is 12.1. The van der Waals surface area contributed by atoms with E-state index < -0.39 is 5.60 Å². The number of pyridine rings is 1. The zero-order valence-corrected chi connectivity index (χ0v) is 25.5. The molecule has 0 amide bonds. The summed E-state index contributed by atoms with van der Waals surface area (Å²) in [4.78, 5) is 10.4. The zero-order valence-electron chi connectivity index (χ0n) is 25.5. The first-order valence-corrected chi connectivity index (χ1v) is 15.5. The summed E-state index contributed by atoms with van der Waals surface area (Å²) in [5.41, 5.74) is 9.93. The molecule has 1 aliphatic rings. The number of nitrogens with zero attached hydrogens (tertiary/aromatic N) is 6. The van der Waals surface area contributed by atoms with Gasteiger partial charge in [0, 0.05) is 17.7 Å². The summed E-state index contributed by atoms with van der Waals surface area (Å²) in [7, 11) is 0. The molecule has 3 aromatic carbocycles. The Morgan fingerprint density at radius 3 is 2.52 bits per heavy atom. The summed E-state index contributed by atoms with van der Waals surface area (Å²) < 4.78 is 2.41. The van der Waals surface area contributed by atoms with Crippen LogP contribution in [-0.2, 0) is 24.9 Å². The van der Waals surface area contributed by atoms with Crippen molar-refractivity contribution < 1.29 is 5.11 Å². The van der Waals surface area contributed by atoms with E-state index in [0.29, 0.717) is 18.7 Å². The number of rotatable bonds is 9. The van der Waals surface area contributed by atoms with Gasteiger partial charge >= 0.3 is 0 Å². The van der Waals surface area contributed by atoms with Crippen LogP contribution in [0, 0.1) is 6.92 Å². The minimum atomic E-state index is -0.927. The van der Waals surface area contributed by atoms with Crippen LogP contribution in [0.4, 0.5) is 0 Å². The molecule has 0 aliphatic heterocycles. The Bertz CT molecular complexity index is 1930. The van der Waals surface area contributed by atoms with Gasteiger partial charge in [0.15, 0.2) is 5.65 Å². The standard InChI is InChI=1S/C36H37N7O/c1-4-10-32-38-33-23(2)21-27(19-20-36(3,44)26-11-6-5-7-12-26)37-35(33)43(32)31-18-16-25-22-24(15-17-29(25)31)28-13-8-9-14-30(28)34-39-41-42-40-34/h5-9,11-15,17,21-22,31,44H,4,10,16,18-20H2,1-3H3,(H,39,40,41,42). The smallest absolute Gasteiger partial charge is 0.205 e. The van der Waals surface area contributed by atoms with E-state index in [2.05, 4.69) is 75.4 Å². The lowest BCUT2D eigenvalue weighted by Crippen LogP contribution is -2.22. The van der Waals surface area contributed by atoms with E-state index in [1.807, 2.05) is 49.4 Å². The first-order chi connectivity index (χ1) is 21.4. The van der Waals surface area contributed by atoms with Crippen LogP contribution < -0.4 is 0 Å². The molecule has 3 heterocycles. The number of aromatic nitrogens is 7. The predicted molar refractivity (Wildman–Crippen MR) is 172 cm³/mol. The van der Waals surface area contributed by atoms with E-state index in [1.165, 1.54) is 11.1 Å². The average molecular weight is 584 g/mol. The number of aromatic amines is 1. The molecule has 0 fully saturated rings. The number of aryl methyl sites for hydroxylation is 4. The average Bonchev–Trinajstić information content (AvgIpc) is 3.80. The summed E-state index contributed by atoms with van der Waals surface area (Å²) in [5, 5.41) is 26.0. The number of hydrogen-bond donors (Lipinski definition) is 2. The number of H-pyrrole nitrogens is 1. The fourth-order valence-corrected chi connectivity index (χ4v) is 6.73. The molecule has 2 atom stereocenters. The van der Waals surface area contributed by atoms with Crippen LogP contribution in [0.1, 0.15) is 72.9 Å². The van der Waals surface area contributed by atoms with Gasteiger partial charge in [0.05, 0.1) is 11.6 Å². The third kappa shape index (κ3) is 5.09. The molecule has 7 rings (SSSR count). The Morgan fingerprint density at radius 1 is 0.955 bits per heavy atom. The van der Waals surface area contributed by atoms with Crippen LogP contribution >= 0.6 is 0 Å². The number of tetrazole rings is 1. The van der Waals surface area contributed by atoms with Gasteiger partial charge < -0.3 is 9.67 Å². The Balaban J connectivity index is 1.25. The highest BCUT2D eigenvalue weighted by Crippen LogP contribution is 2.41. The molecule has 3 aromatic heterocycles. The van der Waals surface area contributed by atoms with Crippen molar-refractivity contribution >= 4 is 11.2 Å². The molecular formula is C36H37N7O. The third-order valence-corrected chi connectivity index (χ3v) is 9.03. The second kappa shape index (κ2) is 11.4. The maximum Gasteiger partial charge on any atom is 0.205 e. The van der Waals surface area contributed by atoms with Gasteiger partial charge in [0.1, 0.15) is 11.3 Å². The van der Waals surface area contributed by atoms with Gasteiger partial charge in [-0.2, -0.15) is 5.21 Å². The number of hydrogen-bond acceptors (Lipinski definition) is 6. The molecule has 0 saturated carbocycles. The first kappa shape index (κ1) is 28.1. The van der Waals surface area contributed by atoms with Gasteiger partial charge in [-0.3, -0.25) is 0 Å². The van der Waals surface area contributed by atoms with E-state index in [4.69, 9.17) is 9.97 Å². The summed E-state index contributed by atoms with van der Waals surface area (Å²) in [6, 6.07) is 27.2. The SMILES string of the molecule is CCCc1nc2c(C)cc(CCC(C)(O)c3ccccc3)nc2n1C1CCc2cc(-c3ccccc3-c3nn[nH]n3)ccc21. The highest BCUT2D eigenvalue weighted by molar-refractivity contribution is 5.81. The van der Waals surface area contributed by atoms with Crippen LogP contribution in [0.25, 0.3) is 33.7 Å². The lowest BCUT2D eigenvalue weighted by molar-refractivity contribution is 0.0478. The maximum absolute atomic E-state index is 11.3. The molecule has 0 spiro atoms. The van der Waals surface area contributed by atoms with Crippen molar-refractivity contribution in [2.45, 2.75) is 70.9 Å². The Kier molecular flexibility index (Phi) is 7.30. The predicted octanol–water partition coefficient (Wildman–Crippen LogP) is 6.92. The second-order valence-electron chi connectivity index (χ2n) is 12.1. The highest BCUT2D eigenvalue weighted by atomic mass is 16.3. The summed E-state index contributed by atoms with van der Waals surface area (Å²) in [6.45, 7) is 6.23. The van der Waals surface area contributed by atoms with E-state index in [9.17, 15) is 5.11 Å². The fraction of sp³-hybridized carbons (Fsp3) is 0.306. The lowest BCUT2D eigenvalue weighted by atomic mass is 9.90. The van der Waals surface area contributed by atoms with Gasteiger partial charge in [0.2, 0.25) is 5.82 Å². The maximum atomic E-state index is 11.3. The monoisotopic (exact) mass is 583 g/mol. The number of aliphatic hydroxyl groups is 1. The number of benzene rings is 3. The lowest BCUT2D eigenvalue weighted by Gasteiger charge is -2.24. The Morgan fingerprint density at radius 2 is 1.75 bits per heavy atom. The minimum Gasteiger partial charge on any atom is -0.385 e. The number of fused-ring (bicyclic) bond motifs is 2. The van der Waals surface area contributed by atoms with Gasteiger partial charge in [-0.25, -0.2) is 9.97 Å². The van der Waals surface area contributed by atoms with Crippen LogP contribution in [0.3, 0.4) is 0 Å². The fourth-order valence-electron chi connectivity index (χ4n) is 6.73. The molecule has 6 aromatic rings. The Hall–Kier alpha value is -4.69. The number of nitrogens with one attached hydrogen (secondary N) is 1. The quantitative estimate of drug-likeness (QED) is 0.192. The molecule has 44 heavy (non-hydrogen) atoms. The summed E-state index contributed by atoms with van der Waals surface area (Å²) in [5.74, 6) is 1.69. The Labute approximate surface area is 257 Å². The molecule has 0 radical (unpaired) electrons. The molecule has 2 N–H and O–H groups in total. The zero-order chi connectivity index (χ0) is 30.3. The van der Waals surface area contributed by atoms with Crippen LogP contribution in [-0.4, -0.2) is 40.3 Å². The van der Waals surface area contributed by atoms with Crippen molar-refractivity contribution in [1.82, 2.24) is 35.2 Å². The van der Waals surface area contributed by atoms with Gasteiger partial charge in [0.25, 0.3) is 0 Å². The third-order valence-electron chi connectivity index (χ3n) is 9.03. The van der Waals surface area contributed by atoms with E-state index in [0.717, 1.165) is 76.2 Å². The molecule has 1 aliphatic carbocycles. The topological polar surface area (TPSA) is 105 Å². The first-order valence-electron chi connectivity index (χ1n) is 15.5.